The van der Waals surface area contributed by atoms with Crippen molar-refractivity contribution in [1.29, 1.82) is 0 Å². The van der Waals surface area contributed by atoms with E-state index >= 15 is 0 Å². The second kappa shape index (κ2) is 16.7. The number of furan rings is 1. The van der Waals surface area contributed by atoms with Crippen LogP contribution in [0.4, 0.5) is 0 Å². The second-order valence-corrected chi connectivity index (χ2v) is 18.3. The summed E-state index contributed by atoms with van der Waals surface area (Å²) in [7, 11) is 75.9. The highest BCUT2D eigenvalue weighted by Gasteiger charge is 2.28. The first-order chi connectivity index (χ1) is 35.3. The lowest BCUT2D eigenvalue weighted by atomic mass is 9.61. The van der Waals surface area contributed by atoms with E-state index in [0.717, 1.165) is 59.8 Å². The summed E-state index contributed by atoms with van der Waals surface area (Å²) < 4.78 is 7.99. The molecule has 22 radical (unpaired) electrons. The van der Waals surface area contributed by atoms with Crippen LogP contribution in [0.2, 0.25) is 0 Å². The average Bonchev–Trinajstić information content (AvgIpc) is 3.98. The minimum Gasteiger partial charge on any atom is -0.456 e. The molecular formula is C57H23B11N4O. The Morgan fingerprint density at radius 1 is 0.329 bits per heavy atom. The quantitative estimate of drug-likeness (QED) is 0.196. The molecule has 0 spiro atoms. The number of hydrogen-bond acceptors (Lipinski definition) is 4. The molecule has 3 heterocycles. The Labute approximate surface area is 434 Å². The Hall–Kier alpha value is -7.70. The maximum absolute atomic E-state index is 7.67. The predicted molar refractivity (Wildman–Crippen MR) is 315 cm³/mol. The standard InChI is InChI=1S/C57H23B11N4O/c58-35-23-36(59)52-41(43(35)60)42-44(61)40(45(62)49(66)53(42)72(52)54-50(67)47(64)46(63)48(65)51(54)68)33-21-31-27-15-6-4-13-25(27)26-14-5-7-16-28(26)32(31)22-34(33)57-70-55(24-11-2-1-3-12-24)69-56(71-57)30-18-10-20-38-39(30)29-17-8-9-19-37(29)73-38/h1-23H. The van der Waals surface area contributed by atoms with Crippen molar-refractivity contribution < 1.29 is 4.42 Å². The summed E-state index contributed by atoms with van der Waals surface area (Å²) in [6, 6.07) is 45.8. The number of hydrogen-bond donors (Lipinski definition) is 0. The van der Waals surface area contributed by atoms with Crippen molar-refractivity contribution in [2.75, 3.05) is 0 Å². The van der Waals surface area contributed by atoms with Crippen molar-refractivity contribution in [2.45, 2.75) is 0 Å². The summed E-state index contributed by atoms with van der Waals surface area (Å²) >= 11 is 0. The third-order valence-corrected chi connectivity index (χ3v) is 14.3. The van der Waals surface area contributed by atoms with E-state index in [4.69, 9.17) is 106 Å². The number of rotatable bonds is 5. The molecule has 0 saturated heterocycles. The van der Waals surface area contributed by atoms with Crippen LogP contribution in [0.15, 0.2) is 144 Å². The molecule has 10 aromatic carbocycles. The van der Waals surface area contributed by atoms with Gasteiger partial charge in [0, 0.05) is 49.6 Å². The number of nitrogens with zero attached hydrogens (tertiary/aromatic N) is 4. The van der Waals surface area contributed by atoms with Gasteiger partial charge in [-0.15, -0.1) is 21.9 Å². The summed E-state index contributed by atoms with van der Waals surface area (Å²) in [5.41, 5.74) is 6.08. The van der Waals surface area contributed by atoms with Gasteiger partial charge in [0.1, 0.15) is 97.5 Å². The summed E-state index contributed by atoms with van der Waals surface area (Å²) in [6.45, 7) is 0. The van der Waals surface area contributed by atoms with Gasteiger partial charge >= 0.3 is 0 Å². The zero-order valence-electron chi connectivity index (χ0n) is 38.8. The summed E-state index contributed by atoms with van der Waals surface area (Å²) in [6.07, 6.45) is 0. The molecule has 0 aliphatic carbocycles. The predicted octanol–water partition coefficient (Wildman–Crippen LogP) is 1.73. The summed E-state index contributed by atoms with van der Waals surface area (Å²) in [5.74, 6) is 1.16. The molecule has 0 aliphatic rings. The lowest BCUT2D eigenvalue weighted by Gasteiger charge is -2.25. The molecule has 310 valence electrons. The molecule has 0 bridgehead atoms. The largest absolute Gasteiger partial charge is 0.456 e. The van der Waals surface area contributed by atoms with Crippen molar-refractivity contribution >= 4 is 222 Å². The zero-order valence-corrected chi connectivity index (χ0v) is 38.8. The Morgan fingerprint density at radius 3 is 1.48 bits per heavy atom. The minimum absolute atomic E-state index is 0.000774. The van der Waals surface area contributed by atoms with Gasteiger partial charge in [-0.05, 0) is 73.1 Å². The lowest BCUT2D eigenvalue weighted by molar-refractivity contribution is 0.669. The number of fused-ring (bicyclic) bond motifs is 12. The van der Waals surface area contributed by atoms with E-state index in [9.17, 15) is 0 Å². The fourth-order valence-corrected chi connectivity index (χ4v) is 10.8. The Morgan fingerprint density at radius 2 is 0.836 bits per heavy atom. The Bertz CT molecular complexity index is 4560. The normalized spacial score (nSPS) is 11.9. The maximum Gasteiger partial charge on any atom is 0.164 e. The van der Waals surface area contributed by atoms with E-state index in [0.29, 0.717) is 56.0 Å². The average molecular weight is 899 g/mol. The van der Waals surface area contributed by atoms with Gasteiger partial charge in [-0.25, -0.2) is 15.0 Å². The molecule has 16 heteroatoms. The van der Waals surface area contributed by atoms with Crippen molar-refractivity contribution in [1.82, 2.24) is 19.5 Å². The fraction of sp³-hybridized carbons (Fsp3) is 0. The third kappa shape index (κ3) is 6.54. The molecule has 3 aromatic heterocycles. The highest BCUT2D eigenvalue weighted by Crippen LogP contribution is 2.43. The third-order valence-electron chi connectivity index (χ3n) is 14.3. The van der Waals surface area contributed by atoms with Crippen LogP contribution in [0.3, 0.4) is 0 Å². The van der Waals surface area contributed by atoms with E-state index in [1.807, 2.05) is 97.1 Å². The van der Waals surface area contributed by atoms with Crippen LogP contribution in [0.25, 0.3) is 127 Å². The Kier molecular flexibility index (Phi) is 10.3. The van der Waals surface area contributed by atoms with Gasteiger partial charge in [-0.2, -0.15) is 0 Å². The van der Waals surface area contributed by atoms with E-state index in [1.54, 1.807) is 4.57 Å². The van der Waals surface area contributed by atoms with Crippen molar-refractivity contribution in [3.05, 3.63) is 140 Å². The number of aromatic nitrogens is 4. The number of para-hydroxylation sites is 1. The van der Waals surface area contributed by atoms with Crippen LogP contribution in [0.1, 0.15) is 0 Å². The van der Waals surface area contributed by atoms with E-state index in [2.05, 4.69) is 36.4 Å². The molecule has 0 atom stereocenters. The van der Waals surface area contributed by atoms with Crippen LogP contribution >= 0.6 is 0 Å². The van der Waals surface area contributed by atoms with Gasteiger partial charge in [0.05, 0.1) is 0 Å². The monoisotopic (exact) mass is 900 g/mol. The zero-order chi connectivity index (χ0) is 50.3. The van der Waals surface area contributed by atoms with Gasteiger partial charge in [-0.1, -0.05) is 154 Å². The molecule has 13 rings (SSSR count). The fourth-order valence-electron chi connectivity index (χ4n) is 10.8. The van der Waals surface area contributed by atoms with Crippen molar-refractivity contribution in [3.8, 4) is 51.0 Å². The highest BCUT2D eigenvalue weighted by atomic mass is 16.3. The van der Waals surface area contributed by atoms with Gasteiger partial charge in [0.15, 0.2) is 17.5 Å². The first-order valence-electron chi connectivity index (χ1n) is 23.2. The Balaban J connectivity index is 1.21. The van der Waals surface area contributed by atoms with E-state index in [-0.39, 0.29) is 71.3 Å². The van der Waals surface area contributed by atoms with Crippen molar-refractivity contribution in [2.24, 2.45) is 0 Å². The molecule has 0 unspecified atom stereocenters. The van der Waals surface area contributed by atoms with Crippen LogP contribution in [0, 0.1) is 0 Å². The minimum atomic E-state index is -0.000774. The molecule has 13 aromatic rings. The lowest BCUT2D eigenvalue weighted by Crippen LogP contribution is -2.56. The second-order valence-electron chi connectivity index (χ2n) is 18.3. The smallest absolute Gasteiger partial charge is 0.164 e. The molecule has 0 saturated carbocycles. The van der Waals surface area contributed by atoms with Crippen LogP contribution in [-0.4, -0.2) is 106 Å². The molecule has 0 N–H and O–H groups in total. The molecule has 0 fully saturated rings. The van der Waals surface area contributed by atoms with E-state index in [1.165, 1.54) is 6.07 Å². The molecule has 5 nitrogen and oxygen atoms in total. The van der Waals surface area contributed by atoms with Gasteiger partial charge < -0.3 is 8.98 Å². The van der Waals surface area contributed by atoms with E-state index < -0.39 is 0 Å². The summed E-state index contributed by atoms with van der Waals surface area (Å²) in [5, 5.41) is 8.43. The van der Waals surface area contributed by atoms with Crippen LogP contribution < -0.4 is 60.1 Å². The van der Waals surface area contributed by atoms with Gasteiger partial charge in [0.2, 0.25) is 0 Å². The van der Waals surface area contributed by atoms with Crippen molar-refractivity contribution in [3.63, 3.8) is 0 Å². The first-order valence-corrected chi connectivity index (χ1v) is 23.2. The molecule has 73 heavy (non-hydrogen) atoms. The molecule has 0 amide bonds. The highest BCUT2D eigenvalue weighted by molar-refractivity contribution is 6.69. The number of benzene rings is 10. The van der Waals surface area contributed by atoms with Crippen LogP contribution in [-0.2, 0) is 0 Å². The maximum atomic E-state index is 7.67. The molecule has 0 aliphatic heterocycles. The van der Waals surface area contributed by atoms with Crippen LogP contribution in [0.5, 0.6) is 0 Å². The summed E-state index contributed by atoms with van der Waals surface area (Å²) in [4.78, 5) is 15.9. The molecular weight excluding hydrogens is 876 g/mol. The SMILES string of the molecule is [B]c1cc([B])c2c(c1[B])c1c([B])c(-c3cc4c5ccccc5c5ccccc5c4cc3-c3nc(-c4ccccc4)nc(-c4cccc5oc6ccccc6c45)n3)c([B])c([B])c1n2-c1c([B])c([B])c([B])c([B])c1[B]. The van der Waals surface area contributed by atoms with Gasteiger partial charge in [-0.3, -0.25) is 0 Å². The topological polar surface area (TPSA) is 56.7 Å². The van der Waals surface area contributed by atoms with Gasteiger partial charge in [0.25, 0.3) is 0 Å². The first kappa shape index (κ1) is 45.2.